The van der Waals surface area contributed by atoms with Gasteiger partial charge in [-0.05, 0) is 34.0 Å². The highest BCUT2D eigenvalue weighted by molar-refractivity contribution is 9.10. The molecule has 0 atom stereocenters. The number of hydrogen-bond donors (Lipinski definition) is 0. The lowest BCUT2D eigenvalue weighted by Gasteiger charge is -2.08. The smallest absolute Gasteiger partial charge is 0.341 e. The van der Waals surface area contributed by atoms with E-state index in [9.17, 15) is 14.0 Å². The Morgan fingerprint density at radius 2 is 2.19 bits per heavy atom. The molecular formula is C11H8BrFO3. The lowest BCUT2D eigenvalue weighted by molar-refractivity contribution is 0.0594. The molecule has 0 heterocycles. The van der Waals surface area contributed by atoms with Gasteiger partial charge < -0.3 is 4.74 Å². The number of Topliss-reactive ketones (excluding diaryl/α,β-unsaturated/α-hetero) is 1. The highest BCUT2D eigenvalue weighted by Crippen LogP contribution is 2.33. The van der Waals surface area contributed by atoms with E-state index >= 15 is 0 Å². The van der Waals surface area contributed by atoms with E-state index in [0.29, 0.717) is 28.4 Å². The zero-order chi connectivity index (χ0) is 11.9. The second-order valence-corrected chi connectivity index (χ2v) is 4.34. The van der Waals surface area contributed by atoms with Gasteiger partial charge in [-0.1, -0.05) is 0 Å². The summed E-state index contributed by atoms with van der Waals surface area (Å²) in [7, 11) is 1.19. The Morgan fingerprint density at radius 1 is 1.50 bits per heavy atom. The van der Waals surface area contributed by atoms with Gasteiger partial charge in [-0.15, -0.1) is 0 Å². The number of fused-ring (bicyclic) bond motifs is 1. The van der Waals surface area contributed by atoms with Crippen LogP contribution in [0.2, 0.25) is 0 Å². The molecule has 3 nitrogen and oxygen atoms in total. The van der Waals surface area contributed by atoms with Crippen LogP contribution in [-0.4, -0.2) is 18.9 Å². The van der Waals surface area contributed by atoms with Crippen molar-refractivity contribution >= 4 is 27.7 Å². The highest BCUT2D eigenvalue weighted by atomic mass is 79.9. The van der Waals surface area contributed by atoms with E-state index in [1.165, 1.54) is 7.11 Å². The fraction of sp³-hybridized carbons (Fsp3) is 0.273. The van der Waals surface area contributed by atoms with Crippen LogP contribution in [0.25, 0.3) is 0 Å². The number of benzene rings is 1. The van der Waals surface area contributed by atoms with Gasteiger partial charge in [0.1, 0.15) is 5.82 Å². The first-order valence-corrected chi connectivity index (χ1v) is 5.48. The molecule has 1 aliphatic carbocycles. The Balaban J connectivity index is 2.72. The summed E-state index contributed by atoms with van der Waals surface area (Å²) < 4.78 is 18.5. The monoisotopic (exact) mass is 286 g/mol. The summed E-state index contributed by atoms with van der Waals surface area (Å²) >= 11 is 3.13. The van der Waals surface area contributed by atoms with Gasteiger partial charge in [-0.2, -0.15) is 0 Å². The number of halogens is 2. The molecule has 16 heavy (non-hydrogen) atoms. The molecule has 0 bridgehead atoms. The summed E-state index contributed by atoms with van der Waals surface area (Å²) in [5.74, 6) is -1.48. The SMILES string of the molecule is COC(=O)c1c(F)cc(Br)c2c1CCC2=O. The van der Waals surface area contributed by atoms with Crippen molar-refractivity contribution in [3.8, 4) is 0 Å². The van der Waals surface area contributed by atoms with E-state index in [4.69, 9.17) is 0 Å². The average molecular weight is 287 g/mol. The first-order chi connectivity index (χ1) is 7.56. The number of rotatable bonds is 1. The zero-order valence-electron chi connectivity index (χ0n) is 8.47. The highest BCUT2D eigenvalue weighted by Gasteiger charge is 2.30. The standard InChI is InChI=1S/C11H8BrFO3/c1-16-11(15)10-5-2-3-8(14)9(5)6(12)4-7(10)13/h4H,2-3H2,1H3. The minimum atomic E-state index is -0.740. The van der Waals surface area contributed by atoms with Crippen LogP contribution in [-0.2, 0) is 11.2 Å². The summed E-state index contributed by atoms with van der Waals surface area (Å²) in [6.07, 6.45) is 0.691. The largest absolute Gasteiger partial charge is 0.465 e. The predicted octanol–water partition coefficient (Wildman–Crippen LogP) is 2.50. The molecule has 84 valence electrons. The number of carbonyl (C=O) groups excluding carboxylic acids is 2. The first kappa shape index (κ1) is 11.3. The van der Waals surface area contributed by atoms with E-state index in [1.54, 1.807) is 0 Å². The van der Waals surface area contributed by atoms with Gasteiger partial charge in [-0.25, -0.2) is 9.18 Å². The number of ether oxygens (including phenoxy) is 1. The van der Waals surface area contributed by atoms with Crippen LogP contribution in [0.4, 0.5) is 4.39 Å². The molecule has 0 amide bonds. The first-order valence-electron chi connectivity index (χ1n) is 4.68. The fourth-order valence-corrected chi connectivity index (χ4v) is 2.57. The molecule has 0 saturated carbocycles. The number of methoxy groups -OCH3 is 1. The van der Waals surface area contributed by atoms with Crippen LogP contribution in [0.5, 0.6) is 0 Å². The molecule has 0 saturated heterocycles. The van der Waals surface area contributed by atoms with Crippen molar-refractivity contribution in [3.05, 3.63) is 33.0 Å². The maximum atomic E-state index is 13.6. The third-order valence-corrected chi connectivity index (χ3v) is 3.23. The van der Waals surface area contributed by atoms with E-state index in [0.717, 1.165) is 6.07 Å². The molecule has 1 aromatic rings. The van der Waals surface area contributed by atoms with Crippen molar-refractivity contribution in [1.82, 2.24) is 0 Å². The average Bonchev–Trinajstić information content (AvgIpc) is 2.60. The normalized spacial score (nSPS) is 13.8. The Morgan fingerprint density at radius 3 is 2.81 bits per heavy atom. The summed E-state index contributed by atoms with van der Waals surface area (Å²) in [6.45, 7) is 0. The molecule has 0 fully saturated rings. The Labute approximate surface area is 99.7 Å². The molecule has 2 rings (SSSR count). The lowest BCUT2D eigenvalue weighted by atomic mass is 10.0. The number of hydrogen-bond acceptors (Lipinski definition) is 3. The molecular weight excluding hydrogens is 279 g/mol. The third kappa shape index (κ3) is 1.55. The van der Waals surface area contributed by atoms with Gasteiger partial charge in [0.15, 0.2) is 5.78 Å². The van der Waals surface area contributed by atoms with E-state index in [-0.39, 0.29) is 11.3 Å². The van der Waals surface area contributed by atoms with Crippen LogP contribution >= 0.6 is 15.9 Å². The maximum absolute atomic E-state index is 13.6. The third-order valence-electron chi connectivity index (χ3n) is 2.61. The molecule has 0 unspecified atom stereocenters. The zero-order valence-corrected chi connectivity index (χ0v) is 10.1. The lowest BCUT2D eigenvalue weighted by Crippen LogP contribution is -2.10. The molecule has 0 radical (unpaired) electrons. The van der Waals surface area contributed by atoms with Crippen LogP contribution < -0.4 is 0 Å². The van der Waals surface area contributed by atoms with Gasteiger partial charge in [0.25, 0.3) is 0 Å². The Kier molecular flexibility index (Phi) is 2.80. The van der Waals surface area contributed by atoms with E-state index in [2.05, 4.69) is 20.7 Å². The second-order valence-electron chi connectivity index (χ2n) is 3.48. The summed E-state index contributed by atoms with van der Waals surface area (Å²) in [5.41, 5.74) is 0.733. The quantitative estimate of drug-likeness (QED) is 0.745. The molecule has 1 aromatic carbocycles. The summed E-state index contributed by atoms with van der Waals surface area (Å²) in [5, 5.41) is 0. The molecule has 0 aromatic heterocycles. The maximum Gasteiger partial charge on any atom is 0.341 e. The van der Waals surface area contributed by atoms with Gasteiger partial charge in [0.05, 0.1) is 12.7 Å². The van der Waals surface area contributed by atoms with Crippen molar-refractivity contribution in [3.63, 3.8) is 0 Å². The van der Waals surface area contributed by atoms with Gasteiger partial charge in [-0.3, -0.25) is 4.79 Å². The Hall–Kier alpha value is -1.23. The second kappa shape index (κ2) is 3.97. The van der Waals surface area contributed by atoms with Crippen LogP contribution in [0.1, 0.15) is 32.7 Å². The van der Waals surface area contributed by atoms with Crippen molar-refractivity contribution in [2.45, 2.75) is 12.8 Å². The molecule has 0 N–H and O–H groups in total. The summed E-state index contributed by atoms with van der Waals surface area (Å²) in [4.78, 5) is 23.0. The number of esters is 1. The van der Waals surface area contributed by atoms with Crippen LogP contribution in [0, 0.1) is 5.82 Å². The van der Waals surface area contributed by atoms with E-state index < -0.39 is 11.8 Å². The minimum absolute atomic E-state index is 0.0768. The van der Waals surface area contributed by atoms with Gasteiger partial charge in [0.2, 0.25) is 0 Å². The predicted molar refractivity (Wildman–Crippen MR) is 58.1 cm³/mol. The van der Waals surface area contributed by atoms with Gasteiger partial charge >= 0.3 is 5.97 Å². The topological polar surface area (TPSA) is 43.4 Å². The fourth-order valence-electron chi connectivity index (χ4n) is 1.91. The van der Waals surface area contributed by atoms with Crippen molar-refractivity contribution < 1.29 is 18.7 Å². The number of carbonyl (C=O) groups is 2. The minimum Gasteiger partial charge on any atom is -0.465 e. The molecule has 0 spiro atoms. The van der Waals surface area contributed by atoms with Crippen molar-refractivity contribution in [2.75, 3.05) is 7.11 Å². The van der Waals surface area contributed by atoms with Crippen molar-refractivity contribution in [1.29, 1.82) is 0 Å². The van der Waals surface area contributed by atoms with Crippen molar-refractivity contribution in [2.24, 2.45) is 0 Å². The summed E-state index contributed by atoms with van der Waals surface area (Å²) in [6, 6.07) is 1.13. The molecule has 1 aliphatic rings. The van der Waals surface area contributed by atoms with Crippen LogP contribution in [0.15, 0.2) is 10.5 Å². The molecule has 0 aliphatic heterocycles. The molecule has 5 heteroatoms. The van der Waals surface area contributed by atoms with Crippen LogP contribution in [0.3, 0.4) is 0 Å². The number of ketones is 1. The van der Waals surface area contributed by atoms with E-state index in [1.807, 2.05) is 0 Å². The Bertz CT molecular complexity index is 496. The van der Waals surface area contributed by atoms with Gasteiger partial charge in [0, 0.05) is 16.5 Å².